The van der Waals surface area contributed by atoms with Crippen molar-refractivity contribution in [2.75, 3.05) is 18.5 Å². The molecule has 1 aromatic rings. The molecular weight excluding hydrogens is 406 g/mol. The molecule has 9 nitrogen and oxygen atoms in total. The quantitative estimate of drug-likeness (QED) is 0.467. The normalized spacial score (nSPS) is 19.3. The summed E-state index contributed by atoms with van der Waals surface area (Å²) in [5, 5.41) is 2.66. The number of esters is 2. The third-order valence-electron chi connectivity index (χ3n) is 3.90. The van der Waals surface area contributed by atoms with Crippen molar-refractivity contribution in [3.63, 3.8) is 0 Å². The van der Waals surface area contributed by atoms with Gasteiger partial charge in [0.2, 0.25) is 0 Å². The van der Waals surface area contributed by atoms with E-state index in [1.165, 1.54) is 19.9 Å². The number of benzene rings is 1. The largest absolute Gasteiger partial charge is 0.463 e. The van der Waals surface area contributed by atoms with Crippen LogP contribution in [0.25, 0.3) is 0 Å². The highest BCUT2D eigenvalue weighted by molar-refractivity contribution is 5.91. The highest BCUT2D eigenvalue weighted by Gasteiger charge is 2.32. The second-order valence-electron chi connectivity index (χ2n) is 6.61. The lowest BCUT2D eigenvalue weighted by atomic mass is 10.0. The van der Waals surface area contributed by atoms with Crippen LogP contribution in [-0.2, 0) is 38.1 Å². The Labute approximate surface area is 180 Å². The summed E-state index contributed by atoms with van der Waals surface area (Å²) < 4.78 is 21.4. The molecule has 0 saturated carbocycles. The smallest absolute Gasteiger partial charge is 0.331 e. The molecule has 1 aliphatic heterocycles. The van der Waals surface area contributed by atoms with Gasteiger partial charge in [0, 0.05) is 25.1 Å². The van der Waals surface area contributed by atoms with E-state index in [1.54, 1.807) is 31.2 Å². The Hall–Kier alpha value is -3.30. The Morgan fingerprint density at radius 1 is 1.13 bits per heavy atom. The summed E-state index contributed by atoms with van der Waals surface area (Å²) in [5.41, 5.74) is 0.652. The van der Waals surface area contributed by atoms with Crippen LogP contribution in [0, 0.1) is 0 Å². The molecule has 2 rings (SSSR count). The second-order valence-corrected chi connectivity index (χ2v) is 6.61. The van der Waals surface area contributed by atoms with E-state index >= 15 is 0 Å². The minimum atomic E-state index is -1.24. The maximum absolute atomic E-state index is 12.2. The van der Waals surface area contributed by atoms with E-state index < -0.39 is 36.8 Å². The monoisotopic (exact) mass is 431 g/mol. The number of amides is 1. The Morgan fingerprint density at radius 3 is 2.45 bits per heavy atom. The van der Waals surface area contributed by atoms with Gasteiger partial charge in [-0.2, -0.15) is 0 Å². The fourth-order valence-electron chi connectivity index (χ4n) is 2.74. The maximum Gasteiger partial charge on any atom is 0.331 e. The third-order valence-corrected chi connectivity index (χ3v) is 3.90. The van der Waals surface area contributed by atoms with Crippen LogP contribution in [0.4, 0.5) is 5.69 Å². The molecule has 0 spiro atoms. The van der Waals surface area contributed by atoms with Crippen molar-refractivity contribution in [1.82, 2.24) is 0 Å². The van der Waals surface area contributed by atoms with Gasteiger partial charge in [0.25, 0.3) is 5.91 Å². The number of rotatable bonds is 9. The number of para-hydroxylation sites is 1. The van der Waals surface area contributed by atoms with Gasteiger partial charge in [0.15, 0.2) is 6.29 Å². The van der Waals surface area contributed by atoms with Crippen molar-refractivity contribution < 1.29 is 38.1 Å². The van der Waals surface area contributed by atoms with Crippen molar-refractivity contribution in [1.29, 1.82) is 0 Å². The van der Waals surface area contributed by atoms with Crippen LogP contribution in [0.1, 0.15) is 27.2 Å². The van der Waals surface area contributed by atoms with E-state index in [-0.39, 0.29) is 30.1 Å². The van der Waals surface area contributed by atoms with Crippen molar-refractivity contribution in [3.05, 3.63) is 53.8 Å². The van der Waals surface area contributed by atoms with Gasteiger partial charge < -0.3 is 24.3 Å². The molecule has 0 saturated heterocycles. The summed E-state index contributed by atoms with van der Waals surface area (Å²) in [5.74, 6) is -1.96. The van der Waals surface area contributed by atoms with E-state index in [1.807, 2.05) is 6.07 Å². The zero-order chi connectivity index (χ0) is 22.8. The van der Waals surface area contributed by atoms with Gasteiger partial charge >= 0.3 is 11.9 Å². The summed E-state index contributed by atoms with van der Waals surface area (Å²) in [6.45, 7) is 3.94. The molecule has 0 aromatic heterocycles. The van der Waals surface area contributed by atoms with Crippen LogP contribution >= 0.6 is 0 Å². The van der Waals surface area contributed by atoms with Crippen molar-refractivity contribution in [3.8, 4) is 0 Å². The van der Waals surface area contributed by atoms with Crippen LogP contribution in [-0.4, -0.2) is 49.2 Å². The van der Waals surface area contributed by atoms with Crippen LogP contribution in [0.2, 0.25) is 0 Å². The minimum Gasteiger partial charge on any atom is -0.463 e. The van der Waals surface area contributed by atoms with E-state index in [4.69, 9.17) is 18.9 Å². The van der Waals surface area contributed by atoms with Gasteiger partial charge in [0.1, 0.15) is 18.1 Å². The number of ketones is 1. The fourth-order valence-corrected chi connectivity index (χ4v) is 2.74. The first kappa shape index (κ1) is 24.0. The SMILES string of the molecule is CCOC(=O)/C=C1/C(OC(C)=O)=C[C@H](CC(C)=O)O[C@@H]1OCC(=O)Nc1ccccc1. The lowest BCUT2D eigenvalue weighted by molar-refractivity contribution is -0.161. The summed E-state index contributed by atoms with van der Waals surface area (Å²) in [4.78, 5) is 47.4. The molecular formula is C22H25NO8. The zero-order valence-corrected chi connectivity index (χ0v) is 17.6. The van der Waals surface area contributed by atoms with E-state index in [2.05, 4.69) is 5.32 Å². The first-order valence-corrected chi connectivity index (χ1v) is 9.68. The van der Waals surface area contributed by atoms with Gasteiger partial charge in [-0.15, -0.1) is 0 Å². The summed E-state index contributed by atoms with van der Waals surface area (Å²) in [7, 11) is 0. The molecule has 1 aliphatic rings. The lowest BCUT2D eigenvalue weighted by Gasteiger charge is -2.30. The number of hydrogen-bond donors (Lipinski definition) is 1. The molecule has 31 heavy (non-hydrogen) atoms. The predicted molar refractivity (Wildman–Crippen MR) is 110 cm³/mol. The Balaban J connectivity index is 2.23. The zero-order valence-electron chi connectivity index (χ0n) is 17.6. The van der Waals surface area contributed by atoms with Gasteiger partial charge in [0.05, 0.1) is 18.3 Å². The molecule has 0 unspecified atom stereocenters. The predicted octanol–water partition coefficient (Wildman–Crippen LogP) is 2.28. The minimum absolute atomic E-state index is 0.00604. The standard InChI is InChI=1S/C22H25NO8/c1-4-28-21(27)12-18-19(30-15(3)25)11-17(10-14(2)24)31-22(18)29-13-20(26)23-16-8-6-5-7-9-16/h5-9,11-12,17,22H,4,10,13H2,1-3H3,(H,23,26)/b18-12-/t17-,22-/m0/s1. The van der Waals surface area contributed by atoms with Gasteiger partial charge in [-0.05, 0) is 32.1 Å². The number of hydrogen-bond acceptors (Lipinski definition) is 8. The first-order valence-electron chi connectivity index (χ1n) is 9.68. The van der Waals surface area contributed by atoms with Crippen LogP contribution in [0.15, 0.2) is 53.8 Å². The molecule has 0 aliphatic carbocycles. The number of anilines is 1. The molecule has 9 heteroatoms. The average molecular weight is 431 g/mol. The second kappa shape index (κ2) is 11.8. The number of carbonyl (C=O) groups is 4. The summed E-state index contributed by atoms with van der Waals surface area (Å²) in [6, 6.07) is 8.77. The van der Waals surface area contributed by atoms with Crippen LogP contribution in [0.3, 0.4) is 0 Å². The maximum atomic E-state index is 12.2. The van der Waals surface area contributed by atoms with Gasteiger partial charge in [-0.25, -0.2) is 4.79 Å². The highest BCUT2D eigenvalue weighted by Crippen LogP contribution is 2.29. The molecule has 1 heterocycles. The summed E-state index contributed by atoms with van der Waals surface area (Å²) in [6.07, 6.45) is 0.468. The van der Waals surface area contributed by atoms with Crippen molar-refractivity contribution >= 4 is 29.3 Å². The topological polar surface area (TPSA) is 117 Å². The highest BCUT2D eigenvalue weighted by atomic mass is 16.7. The van der Waals surface area contributed by atoms with E-state index in [0.29, 0.717) is 5.69 Å². The lowest BCUT2D eigenvalue weighted by Crippen LogP contribution is -2.35. The molecule has 0 bridgehead atoms. The molecule has 1 amide bonds. The molecule has 0 radical (unpaired) electrons. The fraction of sp³-hybridized carbons (Fsp3) is 0.364. The Kier molecular flexibility index (Phi) is 9.11. The number of Topliss-reactive ketones (excluding diaryl/α,β-unsaturated/α-hetero) is 1. The molecule has 2 atom stereocenters. The Morgan fingerprint density at radius 2 is 1.84 bits per heavy atom. The molecule has 1 aromatic carbocycles. The average Bonchev–Trinajstić information content (AvgIpc) is 2.68. The number of nitrogens with one attached hydrogen (secondary N) is 1. The first-order chi connectivity index (χ1) is 14.8. The summed E-state index contributed by atoms with van der Waals surface area (Å²) >= 11 is 0. The van der Waals surface area contributed by atoms with Crippen LogP contribution in [0.5, 0.6) is 0 Å². The van der Waals surface area contributed by atoms with Gasteiger partial charge in [-0.3, -0.25) is 14.4 Å². The third kappa shape index (κ3) is 8.15. The van der Waals surface area contributed by atoms with Crippen molar-refractivity contribution in [2.24, 2.45) is 0 Å². The van der Waals surface area contributed by atoms with E-state index in [9.17, 15) is 19.2 Å². The van der Waals surface area contributed by atoms with Gasteiger partial charge in [-0.1, -0.05) is 18.2 Å². The van der Waals surface area contributed by atoms with E-state index in [0.717, 1.165) is 6.08 Å². The Bertz CT molecular complexity index is 875. The molecule has 0 fully saturated rings. The molecule has 166 valence electrons. The number of ether oxygens (including phenoxy) is 4. The molecule has 1 N–H and O–H groups in total. The van der Waals surface area contributed by atoms with Crippen molar-refractivity contribution in [2.45, 2.75) is 39.6 Å². The van der Waals surface area contributed by atoms with Crippen LogP contribution < -0.4 is 5.32 Å². The number of carbonyl (C=O) groups excluding carboxylic acids is 4.